The Balaban J connectivity index is 1.70. The van der Waals surface area contributed by atoms with Gasteiger partial charge in [-0.3, -0.25) is 9.59 Å². The van der Waals surface area contributed by atoms with Gasteiger partial charge in [-0.15, -0.1) is 0 Å². The third kappa shape index (κ3) is 3.63. The number of nitrogens with zero attached hydrogens (tertiary/aromatic N) is 2. The van der Waals surface area contributed by atoms with Crippen LogP contribution in [0.4, 0.5) is 0 Å². The zero-order chi connectivity index (χ0) is 25.4. The molecule has 1 N–H and O–H groups in total. The predicted molar refractivity (Wildman–Crippen MR) is 136 cm³/mol. The first-order valence-electron chi connectivity index (χ1n) is 12.4. The Morgan fingerprint density at radius 2 is 1.92 bits per heavy atom. The van der Waals surface area contributed by atoms with E-state index >= 15 is 0 Å². The second kappa shape index (κ2) is 9.50. The summed E-state index contributed by atoms with van der Waals surface area (Å²) in [6.07, 6.45) is 0.676. The molecule has 1 aromatic heterocycles. The summed E-state index contributed by atoms with van der Waals surface area (Å²) < 4.78 is 16.9. The number of amides is 2. The third-order valence-electron chi connectivity index (χ3n) is 7.49. The minimum atomic E-state index is -1.13. The number of aromatic nitrogens is 1. The highest BCUT2D eigenvalue weighted by molar-refractivity contribution is 6.01. The van der Waals surface area contributed by atoms with Crippen LogP contribution in [0.1, 0.15) is 43.0 Å². The number of aromatic amines is 1. The summed E-state index contributed by atoms with van der Waals surface area (Å²) in [4.78, 5) is 34.5. The highest BCUT2D eigenvalue weighted by atomic mass is 16.5. The quantitative estimate of drug-likeness (QED) is 0.487. The van der Waals surface area contributed by atoms with Crippen molar-refractivity contribution in [2.75, 3.05) is 47.1 Å². The fraction of sp³-hybridized carbons (Fsp3) is 0.429. The summed E-state index contributed by atoms with van der Waals surface area (Å²) >= 11 is 0. The van der Waals surface area contributed by atoms with Gasteiger partial charge in [-0.2, -0.15) is 0 Å². The van der Waals surface area contributed by atoms with Crippen LogP contribution in [0.25, 0.3) is 10.9 Å². The lowest BCUT2D eigenvalue weighted by Crippen LogP contribution is -2.67. The number of carbonyl (C=O) groups excluding carboxylic acids is 2. The molecule has 36 heavy (non-hydrogen) atoms. The number of hydrogen-bond donors (Lipinski definition) is 1. The number of methoxy groups -OCH3 is 2. The minimum Gasteiger partial charge on any atom is -0.493 e. The van der Waals surface area contributed by atoms with Gasteiger partial charge in [0.1, 0.15) is 0 Å². The van der Waals surface area contributed by atoms with E-state index in [1.54, 1.807) is 24.0 Å². The molecule has 190 valence electrons. The number of para-hydroxylation sites is 2. The summed E-state index contributed by atoms with van der Waals surface area (Å²) in [7, 11) is 3.26. The van der Waals surface area contributed by atoms with Gasteiger partial charge in [0.15, 0.2) is 17.0 Å². The number of hydrogen-bond acceptors (Lipinski definition) is 5. The maximum Gasteiger partial charge on any atom is 0.254 e. The van der Waals surface area contributed by atoms with Gasteiger partial charge in [0.25, 0.3) is 5.91 Å². The monoisotopic (exact) mass is 491 g/mol. The first-order valence-corrected chi connectivity index (χ1v) is 12.4. The van der Waals surface area contributed by atoms with Crippen molar-refractivity contribution in [3.8, 4) is 11.5 Å². The number of carbonyl (C=O) groups is 2. The Hall–Kier alpha value is -3.52. The molecule has 8 heteroatoms. The molecule has 1 saturated heterocycles. The SMILES string of the molecule is CCOc1c(OC)cccc1C1CN2C(=O)CN(CCCOC)C(=O)C2(C)c2[nH]c3ccccc3c21. The number of piperazine rings is 1. The average Bonchev–Trinajstić information content (AvgIpc) is 3.28. The topological polar surface area (TPSA) is 84.1 Å². The average molecular weight is 492 g/mol. The predicted octanol–water partition coefficient (Wildman–Crippen LogP) is 3.64. The number of ether oxygens (including phenoxy) is 3. The van der Waals surface area contributed by atoms with E-state index in [-0.39, 0.29) is 24.3 Å². The van der Waals surface area contributed by atoms with Gasteiger partial charge in [0, 0.05) is 49.2 Å². The van der Waals surface area contributed by atoms with Crippen molar-refractivity contribution in [2.45, 2.75) is 31.7 Å². The first-order chi connectivity index (χ1) is 17.4. The molecule has 5 rings (SSSR count). The van der Waals surface area contributed by atoms with Crippen molar-refractivity contribution < 1.29 is 23.8 Å². The fourth-order valence-electron chi connectivity index (χ4n) is 5.80. The summed E-state index contributed by atoms with van der Waals surface area (Å²) in [6.45, 7) is 5.74. The normalized spacial score (nSPS) is 21.5. The van der Waals surface area contributed by atoms with Crippen molar-refractivity contribution in [1.82, 2.24) is 14.8 Å². The highest BCUT2D eigenvalue weighted by Gasteiger charge is 2.56. The molecule has 0 radical (unpaired) electrons. The summed E-state index contributed by atoms with van der Waals surface area (Å²) in [6, 6.07) is 13.9. The molecule has 2 amide bonds. The van der Waals surface area contributed by atoms with Crippen LogP contribution < -0.4 is 9.47 Å². The second-order valence-corrected chi connectivity index (χ2v) is 9.47. The van der Waals surface area contributed by atoms with E-state index in [0.29, 0.717) is 44.2 Å². The number of nitrogens with one attached hydrogen (secondary N) is 1. The van der Waals surface area contributed by atoms with Gasteiger partial charge >= 0.3 is 0 Å². The zero-order valence-electron chi connectivity index (χ0n) is 21.3. The molecule has 2 aliphatic rings. The minimum absolute atomic E-state index is 0.0651. The van der Waals surface area contributed by atoms with E-state index in [1.807, 2.05) is 50.2 Å². The van der Waals surface area contributed by atoms with E-state index in [4.69, 9.17) is 14.2 Å². The lowest BCUT2D eigenvalue weighted by atomic mass is 9.76. The van der Waals surface area contributed by atoms with Crippen molar-refractivity contribution >= 4 is 22.7 Å². The summed E-state index contributed by atoms with van der Waals surface area (Å²) in [5.74, 6) is 0.987. The Kier molecular flexibility index (Phi) is 6.38. The van der Waals surface area contributed by atoms with Crippen LogP contribution in [0, 0.1) is 0 Å². The lowest BCUT2D eigenvalue weighted by Gasteiger charge is -2.51. The van der Waals surface area contributed by atoms with Gasteiger partial charge in [-0.25, -0.2) is 0 Å². The molecular weight excluding hydrogens is 458 g/mol. The number of H-pyrrole nitrogens is 1. The molecule has 3 aromatic rings. The molecule has 0 bridgehead atoms. The second-order valence-electron chi connectivity index (χ2n) is 9.47. The summed E-state index contributed by atoms with van der Waals surface area (Å²) in [5.41, 5.74) is 2.54. The van der Waals surface area contributed by atoms with Crippen molar-refractivity contribution in [2.24, 2.45) is 0 Å². The van der Waals surface area contributed by atoms with Crippen LogP contribution in [0.3, 0.4) is 0 Å². The molecule has 8 nitrogen and oxygen atoms in total. The van der Waals surface area contributed by atoms with Crippen molar-refractivity contribution in [3.05, 3.63) is 59.3 Å². The van der Waals surface area contributed by atoms with Gasteiger partial charge in [-0.1, -0.05) is 30.3 Å². The van der Waals surface area contributed by atoms with E-state index in [9.17, 15) is 9.59 Å². The molecule has 0 aliphatic carbocycles. The van der Waals surface area contributed by atoms with Crippen LogP contribution in [0.15, 0.2) is 42.5 Å². The van der Waals surface area contributed by atoms with Crippen LogP contribution in [-0.2, 0) is 19.9 Å². The summed E-state index contributed by atoms with van der Waals surface area (Å²) in [5, 5.41) is 1.04. The standard InChI is InChI=1S/C28H33N3O5/c1-5-36-25-18(11-8-13-22(25)35-4)20-16-31-23(32)17-30(14-9-15-34-3)27(33)28(31,2)26-24(20)19-10-6-7-12-21(19)29-26/h6-8,10-13,20,29H,5,9,14-17H2,1-4H3. The van der Waals surface area contributed by atoms with Gasteiger partial charge < -0.3 is 29.0 Å². The smallest absolute Gasteiger partial charge is 0.254 e. The molecule has 2 unspecified atom stereocenters. The molecule has 2 atom stereocenters. The Morgan fingerprint density at radius 1 is 1.11 bits per heavy atom. The molecule has 3 heterocycles. The fourth-order valence-corrected chi connectivity index (χ4v) is 5.80. The Bertz CT molecular complexity index is 1300. The molecule has 1 fully saturated rings. The van der Waals surface area contributed by atoms with Crippen LogP contribution in [0.5, 0.6) is 11.5 Å². The first kappa shape index (κ1) is 24.2. The van der Waals surface area contributed by atoms with E-state index in [2.05, 4.69) is 11.1 Å². The van der Waals surface area contributed by atoms with Crippen molar-refractivity contribution in [3.63, 3.8) is 0 Å². The van der Waals surface area contributed by atoms with Gasteiger partial charge in [-0.05, 0) is 38.0 Å². The number of benzene rings is 2. The Labute approximate surface area is 211 Å². The van der Waals surface area contributed by atoms with Crippen LogP contribution in [-0.4, -0.2) is 73.7 Å². The number of fused-ring (bicyclic) bond motifs is 5. The van der Waals surface area contributed by atoms with Crippen LogP contribution in [0.2, 0.25) is 0 Å². The Morgan fingerprint density at radius 3 is 2.67 bits per heavy atom. The lowest BCUT2D eigenvalue weighted by molar-refractivity contribution is -0.166. The van der Waals surface area contributed by atoms with Gasteiger partial charge in [0.05, 0.1) is 26.0 Å². The zero-order valence-corrected chi connectivity index (χ0v) is 21.3. The van der Waals surface area contributed by atoms with E-state index < -0.39 is 5.54 Å². The van der Waals surface area contributed by atoms with Gasteiger partial charge in [0.2, 0.25) is 5.91 Å². The molecule has 2 aromatic carbocycles. The molecular formula is C28H33N3O5. The molecule has 0 spiro atoms. The van der Waals surface area contributed by atoms with E-state index in [0.717, 1.165) is 27.7 Å². The largest absolute Gasteiger partial charge is 0.493 e. The number of rotatable bonds is 8. The van der Waals surface area contributed by atoms with Crippen LogP contribution >= 0.6 is 0 Å². The third-order valence-corrected chi connectivity index (χ3v) is 7.49. The van der Waals surface area contributed by atoms with Crippen molar-refractivity contribution in [1.29, 1.82) is 0 Å². The molecule has 2 aliphatic heterocycles. The highest BCUT2D eigenvalue weighted by Crippen LogP contribution is 2.50. The van der Waals surface area contributed by atoms with E-state index in [1.165, 1.54) is 0 Å². The maximum absolute atomic E-state index is 14.0. The maximum atomic E-state index is 14.0. The molecule has 0 saturated carbocycles.